The molecule has 0 aliphatic heterocycles. The minimum absolute atomic E-state index is 0.0172. The van der Waals surface area contributed by atoms with E-state index < -0.39 is 0 Å². The van der Waals surface area contributed by atoms with Crippen molar-refractivity contribution in [3.8, 4) is 0 Å². The van der Waals surface area contributed by atoms with Crippen molar-refractivity contribution in [3.63, 3.8) is 0 Å². The van der Waals surface area contributed by atoms with E-state index in [-0.39, 0.29) is 24.6 Å². The summed E-state index contributed by atoms with van der Waals surface area (Å²) in [6.07, 6.45) is 8.24. The summed E-state index contributed by atoms with van der Waals surface area (Å²) < 4.78 is 0. The lowest BCUT2D eigenvalue weighted by Crippen LogP contribution is -2.55. The lowest BCUT2D eigenvalue weighted by atomic mass is 10.0. The van der Waals surface area contributed by atoms with Crippen molar-refractivity contribution < 1.29 is 9.90 Å². The molecule has 3 aromatic rings. The molecule has 2 N–H and O–H groups in total. The molecule has 1 saturated carbocycles. The fraction of sp³-hybridized carbons (Fsp3) is 0.348. The average Bonchev–Trinajstić information content (AvgIpc) is 3.31. The predicted molar refractivity (Wildman–Crippen MR) is 112 cm³/mol. The van der Waals surface area contributed by atoms with Gasteiger partial charge < -0.3 is 5.11 Å². The number of hydrazine groups is 1. The zero-order valence-corrected chi connectivity index (χ0v) is 16.4. The first-order valence-electron chi connectivity index (χ1n) is 10.2. The largest absolute Gasteiger partial charge is 0.395 e. The van der Waals surface area contributed by atoms with Gasteiger partial charge in [0.15, 0.2) is 0 Å². The number of hydrogen-bond acceptors (Lipinski definition) is 5. The van der Waals surface area contributed by atoms with Crippen LogP contribution in [0.15, 0.2) is 61.1 Å². The minimum Gasteiger partial charge on any atom is -0.395 e. The van der Waals surface area contributed by atoms with Crippen LogP contribution in [-0.4, -0.2) is 44.7 Å². The van der Waals surface area contributed by atoms with Crippen LogP contribution in [-0.2, 0) is 6.42 Å². The molecular weight excluding hydrogens is 364 g/mol. The fourth-order valence-electron chi connectivity index (χ4n) is 4.10. The van der Waals surface area contributed by atoms with Gasteiger partial charge in [0.1, 0.15) is 6.33 Å². The highest BCUT2D eigenvalue weighted by Crippen LogP contribution is 2.25. The fourth-order valence-corrected chi connectivity index (χ4v) is 4.10. The highest BCUT2D eigenvalue weighted by atomic mass is 16.3. The molecule has 1 heterocycles. The summed E-state index contributed by atoms with van der Waals surface area (Å²) in [5, 5.41) is 13.0. The number of benzene rings is 2. The third-order valence-electron chi connectivity index (χ3n) is 5.64. The molecule has 29 heavy (non-hydrogen) atoms. The van der Waals surface area contributed by atoms with E-state index in [1.807, 2.05) is 29.3 Å². The van der Waals surface area contributed by atoms with E-state index in [4.69, 9.17) is 0 Å². The van der Waals surface area contributed by atoms with Gasteiger partial charge in [0, 0.05) is 23.2 Å². The van der Waals surface area contributed by atoms with Crippen LogP contribution in [0.25, 0.3) is 10.9 Å². The van der Waals surface area contributed by atoms with Gasteiger partial charge in [0.25, 0.3) is 5.91 Å². The van der Waals surface area contributed by atoms with Gasteiger partial charge in [-0.15, -0.1) is 0 Å². The Bertz CT molecular complexity index is 957. The number of aliphatic hydroxyl groups excluding tert-OH is 1. The van der Waals surface area contributed by atoms with Crippen molar-refractivity contribution in [2.75, 3.05) is 6.61 Å². The number of amides is 1. The second-order valence-electron chi connectivity index (χ2n) is 7.61. The van der Waals surface area contributed by atoms with Crippen molar-refractivity contribution in [1.29, 1.82) is 0 Å². The van der Waals surface area contributed by atoms with Gasteiger partial charge >= 0.3 is 0 Å². The molecule has 1 atom stereocenters. The van der Waals surface area contributed by atoms with Crippen LogP contribution in [0, 0.1) is 0 Å². The Morgan fingerprint density at radius 2 is 1.97 bits per heavy atom. The molecule has 150 valence electrons. The van der Waals surface area contributed by atoms with Crippen LogP contribution in [0.4, 0.5) is 0 Å². The van der Waals surface area contributed by atoms with E-state index in [0.717, 1.165) is 42.1 Å². The summed E-state index contributed by atoms with van der Waals surface area (Å²) in [7, 11) is 0. The molecule has 6 heteroatoms. The lowest BCUT2D eigenvalue weighted by molar-refractivity contribution is 0.0305. The number of fused-ring (bicyclic) bond motifs is 1. The molecule has 2 aromatic carbocycles. The Hall–Kier alpha value is -2.83. The Kier molecular flexibility index (Phi) is 6.12. The smallest absolute Gasteiger partial charge is 0.265 e. The van der Waals surface area contributed by atoms with Crippen molar-refractivity contribution in [3.05, 3.63) is 72.2 Å². The first-order valence-corrected chi connectivity index (χ1v) is 10.2. The van der Waals surface area contributed by atoms with Gasteiger partial charge in [-0.05, 0) is 37.0 Å². The zero-order valence-electron chi connectivity index (χ0n) is 16.4. The van der Waals surface area contributed by atoms with E-state index in [0.29, 0.717) is 12.0 Å². The maximum absolute atomic E-state index is 13.1. The van der Waals surface area contributed by atoms with Crippen LogP contribution in [0.2, 0.25) is 0 Å². The molecular formula is C23H26N4O2. The number of aliphatic hydroxyl groups is 1. The van der Waals surface area contributed by atoms with E-state index in [1.165, 1.54) is 6.33 Å². The number of nitrogens with zero attached hydrogens (tertiary/aromatic N) is 3. The van der Waals surface area contributed by atoms with Gasteiger partial charge in [-0.1, -0.05) is 49.2 Å². The Labute approximate surface area is 170 Å². The summed E-state index contributed by atoms with van der Waals surface area (Å²) in [6.45, 7) is -0.0172. The number of rotatable bonds is 7. The van der Waals surface area contributed by atoms with E-state index >= 15 is 0 Å². The molecule has 0 radical (unpaired) electrons. The number of carbonyl (C=O) groups excluding carboxylic acids is 1. The van der Waals surface area contributed by atoms with E-state index in [1.54, 1.807) is 18.3 Å². The molecule has 1 aliphatic carbocycles. The predicted octanol–water partition coefficient (Wildman–Crippen LogP) is 3.12. The van der Waals surface area contributed by atoms with Crippen molar-refractivity contribution >= 4 is 16.8 Å². The van der Waals surface area contributed by atoms with Crippen LogP contribution >= 0.6 is 0 Å². The summed E-state index contributed by atoms with van der Waals surface area (Å²) >= 11 is 0. The number of aromatic nitrogens is 2. The molecule has 1 fully saturated rings. The first-order chi connectivity index (χ1) is 14.2. The third-order valence-corrected chi connectivity index (χ3v) is 5.64. The molecule has 1 aromatic heterocycles. The molecule has 6 nitrogen and oxygen atoms in total. The van der Waals surface area contributed by atoms with Gasteiger partial charge in [0.05, 0.1) is 18.2 Å². The van der Waals surface area contributed by atoms with Crippen molar-refractivity contribution in [2.45, 2.75) is 44.2 Å². The normalized spacial score (nSPS) is 15.7. The van der Waals surface area contributed by atoms with Crippen molar-refractivity contribution in [1.82, 2.24) is 20.4 Å². The molecule has 4 rings (SSSR count). The molecule has 0 unspecified atom stereocenters. The maximum Gasteiger partial charge on any atom is 0.265 e. The first kappa shape index (κ1) is 19.5. The number of hydrogen-bond donors (Lipinski definition) is 2. The Morgan fingerprint density at radius 1 is 1.17 bits per heavy atom. The zero-order chi connectivity index (χ0) is 20.1. The van der Waals surface area contributed by atoms with Crippen LogP contribution in [0.5, 0.6) is 0 Å². The molecule has 0 saturated heterocycles. The standard InChI is InChI=1S/C23H26N4O2/c28-15-21(12-17-6-2-1-3-7-17)27(20-8-4-5-9-20)26-23(29)18-10-11-19-14-24-16-25-22(19)13-18/h1-3,6-7,10-11,13-14,16,20-21,28H,4-5,8-9,12,15H2,(H,26,29)/t21-/m0/s1. The van der Waals surface area contributed by atoms with Gasteiger partial charge in [-0.25, -0.2) is 15.0 Å². The monoisotopic (exact) mass is 390 g/mol. The summed E-state index contributed by atoms with van der Waals surface area (Å²) in [5.41, 5.74) is 5.54. The van der Waals surface area contributed by atoms with E-state index in [9.17, 15) is 9.90 Å². The summed E-state index contributed by atoms with van der Waals surface area (Å²) in [4.78, 5) is 21.3. The molecule has 0 bridgehead atoms. The topological polar surface area (TPSA) is 78.4 Å². The number of nitrogens with one attached hydrogen (secondary N) is 1. The van der Waals surface area contributed by atoms with E-state index in [2.05, 4.69) is 27.5 Å². The van der Waals surface area contributed by atoms with Gasteiger partial charge in [-0.3, -0.25) is 10.2 Å². The highest BCUT2D eigenvalue weighted by molar-refractivity contribution is 5.97. The van der Waals surface area contributed by atoms with Crippen molar-refractivity contribution in [2.24, 2.45) is 0 Å². The molecule has 1 amide bonds. The SMILES string of the molecule is O=C(NN(C1CCCC1)[C@H](CO)Cc1ccccc1)c1ccc2cncnc2c1. The second-order valence-corrected chi connectivity index (χ2v) is 7.61. The summed E-state index contributed by atoms with van der Waals surface area (Å²) in [5.74, 6) is -0.177. The quantitative estimate of drug-likeness (QED) is 0.606. The summed E-state index contributed by atoms with van der Waals surface area (Å²) in [6, 6.07) is 15.6. The van der Waals surface area contributed by atoms with Gasteiger partial charge in [0.2, 0.25) is 0 Å². The molecule has 1 aliphatic rings. The third kappa shape index (κ3) is 4.60. The number of carbonyl (C=O) groups is 1. The Morgan fingerprint density at radius 3 is 2.72 bits per heavy atom. The second kappa shape index (κ2) is 9.11. The van der Waals surface area contributed by atoms with Crippen LogP contribution < -0.4 is 5.43 Å². The minimum atomic E-state index is -0.177. The molecule has 0 spiro atoms. The maximum atomic E-state index is 13.1. The average molecular weight is 390 g/mol. The van der Waals surface area contributed by atoms with Crippen LogP contribution in [0.3, 0.4) is 0 Å². The highest BCUT2D eigenvalue weighted by Gasteiger charge is 2.30. The lowest BCUT2D eigenvalue weighted by Gasteiger charge is -2.35. The van der Waals surface area contributed by atoms with Gasteiger partial charge in [-0.2, -0.15) is 0 Å². The Balaban J connectivity index is 1.56. The van der Waals surface area contributed by atoms with Crippen LogP contribution in [0.1, 0.15) is 41.6 Å².